The summed E-state index contributed by atoms with van der Waals surface area (Å²) in [5.74, 6) is 0.995. The van der Waals surface area contributed by atoms with Gasteiger partial charge in [-0.3, -0.25) is 9.59 Å². The Morgan fingerprint density at radius 2 is 2.25 bits per heavy atom. The van der Waals surface area contributed by atoms with Crippen molar-refractivity contribution in [1.29, 1.82) is 0 Å². The Hall–Kier alpha value is -2.15. The predicted molar refractivity (Wildman–Crippen MR) is 79.0 cm³/mol. The number of hydrogen-bond acceptors (Lipinski definition) is 5. The standard InChI is InChI=1S/C13H14N4O2S/c1-8-3-4-10(14-6-8)17-13(19)9-5-12(18)16-11(15-9)7-20-2/h3-6H,7H2,1-2H3,(H,14,17,19)(H,15,16,18). The van der Waals surface area contributed by atoms with Crippen molar-refractivity contribution in [3.05, 3.63) is 51.8 Å². The average molecular weight is 290 g/mol. The molecule has 6 nitrogen and oxygen atoms in total. The molecule has 0 bridgehead atoms. The first-order chi connectivity index (χ1) is 9.58. The van der Waals surface area contributed by atoms with Crippen LogP contribution in [0.25, 0.3) is 0 Å². The molecule has 0 aliphatic rings. The molecule has 20 heavy (non-hydrogen) atoms. The van der Waals surface area contributed by atoms with Gasteiger partial charge in [0.15, 0.2) is 0 Å². The van der Waals surface area contributed by atoms with Gasteiger partial charge in [-0.2, -0.15) is 11.8 Å². The first kappa shape index (κ1) is 14.3. The van der Waals surface area contributed by atoms with Crippen molar-refractivity contribution in [1.82, 2.24) is 15.0 Å². The second-order valence-electron chi connectivity index (χ2n) is 4.19. The van der Waals surface area contributed by atoms with E-state index in [0.29, 0.717) is 17.4 Å². The number of H-pyrrole nitrogens is 1. The Labute approximate surface area is 120 Å². The largest absolute Gasteiger partial charge is 0.310 e. The monoisotopic (exact) mass is 290 g/mol. The molecule has 2 aromatic heterocycles. The van der Waals surface area contributed by atoms with E-state index in [4.69, 9.17) is 0 Å². The van der Waals surface area contributed by atoms with Crippen LogP contribution in [0.15, 0.2) is 29.2 Å². The number of aromatic amines is 1. The number of amides is 1. The second kappa shape index (κ2) is 6.33. The molecule has 7 heteroatoms. The number of carbonyl (C=O) groups is 1. The van der Waals surface area contributed by atoms with Crippen LogP contribution in [0.3, 0.4) is 0 Å². The quantitative estimate of drug-likeness (QED) is 0.892. The molecule has 0 aliphatic carbocycles. The maximum atomic E-state index is 12.0. The van der Waals surface area contributed by atoms with E-state index in [-0.39, 0.29) is 11.3 Å². The van der Waals surface area contributed by atoms with Gasteiger partial charge in [0.1, 0.15) is 17.3 Å². The Morgan fingerprint density at radius 1 is 1.45 bits per heavy atom. The molecule has 0 saturated heterocycles. The number of anilines is 1. The average Bonchev–Trinajstić information content (AvgIpc) is 2.41. The molecule has 0 atom stereocenters. The molecule has 0 saturated carbocycles. The molecule has 0 spiro atoms. The molecule has 2 N–H and O–H groups in total. The molecular weight excluding hydrogens is 276 g/mol. The van der Waals surface area contributed by atoms with Crippen LogP contribution in [-0.4, -0.2) is 27.1 Å². The lowest BCUT2D eigenvalue weighted by molar-refractivity contribution is 0.102. The molecule has 0 aliphatic heterocycles. The molecule has 0 radical (unpaired) electrons. The number of nitrogens with zero attached hydrogens (tertiary/aromatic N) is 2. The summed E-state index contributed by atoms with van der Waals surface area (Å²) in [6.07, 6.45) is 3.54. The minimum atomic E-state index is -0.449. The zero-order valence-electron chi connectivity index (χ0n) is 11.1. The van der Waals surface area contributed by atoms with E-state index in [0.717, 1.165) is 5.56 Å². The van der Waals surface area contributed by atoms with Crippen LogP contribution in [0.1, 0.15) is 21.9 Å². The van der Waals surface area contributed by atoms with Crippen LogP contribution in [0.4, 0.5) is 5.82 Å². The zero-order chi connectivity index (χ0) is 14.5. The van der Waals surface area contributed by atoms with E-state index in [1.54, 1.807) is 12.3 Å². The summed E-state index contributed by atoms with van der Waals surface area (Å²) in [6.45, 7) is 1.91. The lowest BCUT2D eigenvalue weighted by Crippen LogP contribution is -2.20. The number of aromatic nitrogens is 3. The number of aryl methyl sites for hydroxylation is 1. The van der Waals surface area contributed by atoms with Crippen LogP contribution in [0.5, 0.6) is 0 Å². The van der Waals surface area contributed by atoms with Gasteiger partial charge in [-0.05, 0) is 24.8 Å². The highest BCUT2D eigenvalue weighted by Crippen LogP contribution is 2.07. The van der Waals surface area contributed by atoms with Crippen LogP contribution < -0.4 is 10.9 Å². The highest BCUT2D eigenvalue weighted by molar-refractivity contribution is 7.97. The molecule has 0 fully saturated rings. The van der Waals surface area contributed by atoms with E-state index >= 15 is 0 Å². The summed E-state index contributed by atoms with van der Waals surface area (Å²) in [6, 6.07) is 4.71. The molecule has 2 aromatic rings. The Kier molecular flexibility index (Phi) is 4.52. The molecule has 0 unspecified atom stereocenters. The van der Waals surface area contributed by atoms with Gasteiger partial charge in [0, 0.05) is 12.3 Å². The molecule has 2 heterocycles. The molecule has 1 amide bonds. The van der Waals surface area contributed by atoms with E-state index in [1.807, 2.05) is 19.2 Å². The van der Waals surface area contributed by atoms with E-state index in [1.165, 1.54) is 17.8 Å². The van der Waals surface area contributed by atoms with Crippen molar-refractivity contribution in [3.8, 4) is 0 Å². The van der Waals surface area contributed by atoms with E-state index in [9.17, 15) is 9.59 Å². The van der Waals surface area contributed by atoms with Crippen LogP contribution >= 0.6 is 11.8 Å². The minimum Gasteiger partial charge on any atom is -0.310 e. The Balaban J connectivity index is 2.20. The maximum absolute atomic E-state index is 12.0. The zero-order valence-corrected chi connectivity index (χ0v) is 12.0. The van der Waals surface area contributed by atoms with Crippen molar-refractivity contribution in [2.45, 2.75) is 12.7 Å². The van der Waals surface area contributed by atoms with Gasteiger partial charge in [0.25, 0.3) is 11.5 Å². The van der Waals surface area contributed by atoms with E-state index in [2.05, 4.69) is 20.3 Å². The summed E-state index contributed by atoms with van der Waals surface area (Å²) < 4.78 is 0. The van der Waals surface area contributed by atoms with Crippen molar-refractivity contribution < 1.29 is 4.79 Å². The minimum absolute atomic E-state index is 0.0835. The molecule has 0 aromatic carbocycles. The highest BCUT2D eigenvalue weighted by Gasteiger charge is 2.11. The third-order valence-corrected chi connectivity index (χ3v) is 3.02. The number of hydrogen-bond donors (Lipinski definition) is 2. The van der Waals surface area contributed by atoms with Crippen molar-refractivity contribution in [2.24, 2.45) is 0 Å². The van der Waals surface area contributed by atoms with Gasteiger partial charge in [-0.1, -0.05) is 6.07 Å². The van der Waals surface area contributed by atoms with Gasteiger partial charge in [-0.15, -0.1) is 0 Å². The topological polar surface area (TPSA) is 87.7 Å². The van der Waals surface area contributed by atoms with Crippen molar-refractivity contribution in [2.75, 3.05) is 11.6 Å². The molecular formula is C13H14N4O2S. The summed E-state index contributed by atoms with van der Waals surface area (Å²) in [7, 11) is 0. The normalized spacial score (nSPS) is 10.3. The lowest BCUT2D eigenvalue weighted by Gasteiger charge is -2.05. The third kappa shape index (κ3) is 3.67. The fraction of sp³-hybridized carbons (Fsp3) is 0.231. The van der Waals surface area contributed by atoms with Crippen molar-refractivity contribution >= 4 is 23.5 Å². The van der Waals surface area contributed by atoms with Crippen LogP contribution in [-0.2, 0) is 5.75 Å². The second-order valence-corrected chi connectivity index (χ2v) is 5.05. The molecule has 104 valence electrons. The van der Waals surface area contributed by atoms with Gasteiger partial charge in [0.05, 0.1) is 5.75 Å². The number of nitrogens with one attached hydrogen (secondary N) is 2. The third-order valence-electron chi connectivity index (χ3n) is 2.46. The van der Waals surface area contributed by atoms with Crippen LogP contribution in [0, 0.1) is 6.92 Å². The Bertz CT molecular complexity index is 667. The number of pyridine rings is 1. The summed E-state index contributed by atoms with van der Waals surface area (Å²) >= 11 is 1.51. The number of carbonyl (C=O) groups excluding carboxylic acids is 1. The number of thioether (sulfide) groups is 1. The van der Waals surface area contributed by atoms with Crippen LogP contribution in [0.2, 0.25) is 0 Å². The summed E-state index contributed by atoms with van der Waals surface area (Å²) in [5.41, 5.74) is 0.741. The van der Waals surface area contributed by atoms with Gasteiger partial charge >= 0.3 is 0 Å². The molecule has 2 rings (SSSR count). The summed E-state index contributed by atoms with van der Waals surface area (Å²) in [4.78, 5) is 34.3. The lowest BCUT2D eigenvalue weighted by atomic mass is 10.3. The fourth-order valence-electron chi connectivity index (χ4n) is 1.55. The first-order valence-corrected chi connectivity index (χ1v) is 7.31. The highest BCUT2D eigenvalue weighted by atomic mass is 32.2. The Morgan fingerprint density at radius 3 is 2.90 bits per heavy atom. The fourth-order valence-corrected chi connectivity index (χ4v) is 1.96. The number of rotatable bonds is 4. The SMILES string of the molecule is CSCc1nc(C(=O)Nc2ccc(C)cn2)cc(=O)[nH]1. The van der Waals surface area contributed by atoms with Crippen molar-refractivity contribution in [3.63, 3.8) is 0 Å². The van der Waals surface area contributed by atoms with Gasteiger partial charge in [-0.25, -0.2) is 9.97 Å². The smallest absolute Gasteiger partial charge is 0.275 e. The predicted octanol–water partition coefficient (Wildman–Crippen LogP) is 1.59. The van der Waals surface area contributed by atoms with Gasteiger partial charge < -0.3 is 10.3 Å². The summed E-state index contributed by atoms with van der Waals surface area (Å²) in [5, 5.41) is 2.61. The van der Waals surface area contributed by atoms with Gasteiger partial charge in [0.2, 0.25) is 0 Å². The maximum Gasteiger partial charge on any atom is 0.275 e. The van der Waals surface area contributed by atoms with E-state index < -0.39 is 5.91 Å². The first-order valence-electron chi connectivity index (χ1n) is 5.91.